The number of carbonyl (C=O) groups excluding carboxylic acids is 1. The lowest BCUT2D eigenvalue weighted by Gasteiger charge is -2.32. The zero-order chi connectivity index (χ0) is 21.9. The number of para-hydroxylation sites is 2. The lowest BCUT2D eigenvalue weighted by Crippen LogP contribution is -2.39. The number of aromatic nitrogens is 3. The van der Waals surface area contributed by atoms with Crippen molar-refractivity contribution in [2.45, 2.75) is 26.3 Å². The van der Waals surface area contributed by atoms with Gasteiger partial charge in [0, 0.05) is 25.2 Å². The van der Waals surface area contributed by atoms with E-state index in [0.29, 0.717) is 0 Å². The van der Waals surface area contributed by atoms with Crippen LogP contribution in [0.25, 0.3) is 11.0 Å². The summed E-state index contributed by atoms with van der Waals surface area (Å²) in [6.45, 7) is 4.55. The molecule has 4 aromatic rings. The van der Waals surface area contributed by atoms with Crippen LogP contribution in [0.4, 0.5) is 11.6 Å². The highest BCUT2D eigenvalue weighted by atomic mass is 16.1. The molecule has 1 amide bonds. The van der Waals surface area contributed by atoms with E-state index < -0.39 is 0 Å². The molecule has 0 unspecified atom stereocenters. The number of imidazole rings is 1. The minimum Gasteiger partial charge on any atom is -0.342 e. The molecule has 1 saturated heterocycles. The Morgan fingerprint density at radius 3 is 2.59 bits per heavy atom. The van der Waals surface area contributed by atoms with Crippen molar-refractivity contribution in [3.8, 4) is 0 Å². The first kappa shape index (κ1) is 20.2. The zero-order valence-electron chi connectivity index (χ0n) is 18.2. The van der Waals surface area contributed by atoms with Crippen LogP contribution < -0.4 is 10.2 Å². The second-order valence-electron chi connectivity index (χ2n) is 8.41. The van der Waals surface area contributed by atoms with Gasteiger partial charge in [0.1, 0.15) is 0 Å². The Morgan fingerprint density at radius 2 is 1.81 bits per heavy atom. The fraction of sp³-hybridized carbons (Fsp3) is 0.269. The normalized spacial score (nSPS) is 14.6. The van der Waals surface area contributed by atoms with Crippen molar-refractivity contribution in [3.63, 3.8) is 0 Å². The van der Waals surface area contributed by atoms with Crippen LogP contribution in [0.15, 0.2) is 73.1 Å². The molecular formula is C26H27N5O. The third-order valence-electron chi connectivity index (χ3n) is 6.30. The number of fused-ring (bicyclic) bond motifs is 1. The Bertz CT molecular complexity index is 1230. The molecule has 0 bridgehead atoms. The number of benzene rings is 2. The largest absolute Gasteiger partial charge is 0.342 e. The molecule has 162 valence electrons. The van der Waals surface area contributed by atoms with Gasteiger partial charge in [-0.1, -0.05) is 36.4 Å². The first-order valence-electron chi connectivity index (χ1n) is 11.1. The highest BCUT2D eigenvalue weighted by molar-refractivity contribution is 5.92. The van der Waals surface area contributed by atoms with Gasteiger partial charge in [-0.15, -0.1) is 0 Å². The molecule has 1 aliphatic rings. The summed E-state index contributed by atoms with van der Waals surface area (Å²) in [5, 5.41) is 3.00. The van der Waals surface area contributed by atoms with E-state index in [0.717, 1.165) is 55.1 Å². The Balaban J connectivity index is 1.35. The van der Waals surface area contributed by atoms with Crippen molar-refractivity contribution in [2.75, 3.05) is 23.3 Å². The number of hydrogen-bond acceptors (Lipinski definition) is 4. The van der Waals surface area contributed by atoms with E-state index in [1.54, 1.807) is 12.4 Å². The fourth-order valence-corrected chi connectivity index (χ4v) is 4.44. The highest BCUT2D eigenvalue weighted by Crippen LogP contribution is 2.28. The maximum atomic E-state index is 12.7. The van der Waals surface area contributed by atoms with Crippen LogP contribution in [-0.4, -0.2) is 33.5 Å². The third kappa shape index (κ3) is 4.08. The van der Waals surface area contributed by atoms with Crippen molar-refractivity contribution in [2.24, 2.45) is 5.92 Å². The van der Waals surface area contributed by atoms with Crippen LogP contribution in [0, 0.1) is 12.8 Å². The highest BCUT2D eigenvalue weighted by Gasteiger charge is 2.28. The van der Waals surface area contributed by atoms with E-state index in [9.17, 15) is 4.79 Å². The number of anilines is 2. The summed E-state index contributed by atoms with van der Waals surface area (Å²) in [6.07, 6.45) is 5.00. The Labute approximate surface area is 187 Å². The van der Waals surface area contributed by atoms with E-state index in [4.69, 9.17) is 4.98 Å². The summed E-state index contributed by atoms with van der Waals surface area (Å²) < 4.78 is 2.31. The molecule has 2 aromatic heterocycles. The summed E-state index contributed by atoms with van der Waals surface area (Å²) in [5.41, 5.74) is 5.47. The van der Waals surface area contributed by atoms with E-state index in [2.05, 4.69) is 69.2 Å². The second-order valence-corrected chi connectivity index (χ2v) is 8.41. The van der Waals surface area contributed by atoms with Gasteiger partial charge in [0.15, 0.2) is 0 Å². The molecule has 1 fully saturated rings. The number of piperidine rings is 1. The van der Waals surface area contributed by atoms with Crippen LogP contribution >= 0.6 is 0 Å². The van der Waals surface area contributed by atoms with Gasteiger partial charge in [-0.25, -0.2) is 4.98 Å². The van der Waals surface area contributed by atoms with Crippen molar-refractivity contribution >= 4 is 28.6 Å². The van der Waals surface area contributed by atoms with E-state index in [-0.39, 0.29) is 11.8 Å². The van der Waals surface area contributed by atoms with Crippen molar-refractivity contribution in [1.82, 2.24) is 14.5 Å². The molecule has 6 nitrogen and oxygen atoms in total. The van der Waals surface area contributed by atoms with Gasteiger partial charge >= 0.3 is 0 Å². The number of nitrogens with zero attached hydrogens (tertiary/aromatic N) is 4. The van der Waals surface area contributed by atoms with Crippen molar-refractivity contribution < 1.29 is 4.79 Å². The SMILES string of the molecule is Cc1ccccc1Cn1c(N2CCC(C(=O)Nc3cccnc3)CC2)nc2ccccc21. The first-order valence-corrected chi connectivity index (χ1v) is 11.1. The Morgan fingerprint density at radius 1 is 1.03 bits per heavy atom. The number of nitrogens with one attached hydrogen (secondary N) is 1. The number of rotatable bonds is 5. The molecule has 0 spiro atoms. The quantitative estimate of drug-likeness (QED) is 0.506. The standard InChI is InChI=1S/C26H27N5O/c1-19-7-2-3-8-21(19)18-31-24-11-5-4-10-23(24)29-26(31)30-15-12-20(13-16-30)25(32)28-22-9-6-14-27-17-22/h2-11,14,17,20H,12-13,15-16,18H2,1H3,(H,28,32). The topological polar surface area (TPSA) is 63.1 Å². The van der Waals surface area contributed by atoms with Gasteiger partial charge in [0.25, 0.3) is 0 Å². The van der Waals surface area contributed by atoms with Crippen LogP contribution in [0.5, 0.6) is 0 Å². The van der Waals surface area contributed by atoms with E-state index >= 15 is 0 Å². The second kappa shape index (κ2) is 8.83. The van der Waals surface area contributed by atoms with E-state index in [1.165, 1.54) is 11.1 Å². The van der Waals surface area contributed by atoms with Gasteiger partial charge in [-0.05, 0) is 55.2 Å². The van der Waals surface area contributed by atoms with Gasteiger partial charge in [0.2, 0.25) is 11.9 Å². The molecule has 1 N–H and O–H groups in total. The minimum atomic E-state index is 0.000604. The zero-order valence-corrected chi connectivity index (χ0v) is 18.2. The summed E-state index contributed by atoms with van der Waals surface area (Å²) in [7, 11) is 0. The average molecular weight is 426 g/mol. The summed E-state index contributed by atoms with van der Waals surface area (Å²) in [4.78, 5) is 24.1. The van der Waals surface area contributed by atoms with Crippen LogP contribution in [0.3, 0.4) is 0 Å². The maximum absolute atomic E-state index is 12.7. The fourth-order valence-electron chi connectivity index (χ4n) is 4.44. The number of aryl methyl sites for hydroxylation is 1. The third-order valence-corrected chi connectivity index (χ3v) is 6.30. The Hall–Kier alpha value is -3.67. The maximum Gasteiger partial charge on any atom is 0.227 e. The number of pyridine rings is 1. The van der Waals surface area contributed by atoms with Gasteiger partial charge in [0.05, 0.1) is 29.5 Å². The van der Waals surface area contributed by atoms with Gasteiger partial charge in [-0.3, -0.25) is 9.78 Å². The Kier molecular flexibility index (Phi) is 5.58. The first-order chi connectivity index (χ1) is 15.7. The monoisotopic (exact) mass is 425 g/mol. The van der Waals surface area contributed by atoms with E-state index in [1.807, 2.05) is 18.2 Å². The summed E-state index contributed by atoms with van der Waals surface area (Å²) in [5.74, 6) is 1.06. The number of amides is 1. The van der Waals surface area contributed by atoms with Crippen molar-refractivity contribution in [3.05, 3.63) is 84.2 Å². The molecular weight excluding hydrogens is 398 g/mol. The average Bonchev–Trinajstić information content (AvgIpc) is 3.20. The summed E-state index contributed by atoms with van der Waals surface area (Å²) in [6, 6.07) is 20.5. The minimum absolute atomic E-state index is 0.000604. The van der Waals surface area contributed by atoms with Crippen LogP contribution in [-0.2, 0) is 11.3 Å². The van der Waals surface area contributed by atoms with Crippen LogP contribution in [0.2, 0.25) is 0 Å². The van der Waals surface area contributed by atoms with Gasteiger partial charge in [-0.2, -0.15) is 0 Å². The van der Waals surface area contributed by atoms with Crippen LogP contribution in [0.1, 0.15) is 24.0 Å². The molecule has 0 radical (unpaired) electrons. The predicted molar refractivity (Wildman–Crippen MR) is 128 cm³/mol. The molecule has 32 heavy (non-hydrogen) atoms. The molecule has 2 aromatic carbocycles. The molecule has 6 heteroatoms. The molecule has 0 aliphatic carbocycles. The summed E-state index contributed by atoms with van der Waals surface area (Å²) >= 11 is 0. The molecule has 1 aliphatic heterocycles. The lowest BCUT2D eigenvalue weighted by atomic mass is 9.96. The molecule has 3 heterocycles. The lowest BCUT2D eigenvalue weighted by molar-refractivity contribution is -0.120. The molecule has 5 rings (SSSR count). The molecule has 0 saturated carbocycles. The molecule has 0 atom stereocenters. The number of hydrogen-bond donors (Lipinski definition) is 1. The smallest absolute Gasteiger partial charge is 0.227 e. The number of carbonyl (C=O) groups is 1. The van der Waals surface area contributed by atoms with Crippen molar-refractivity contribution in [1.29, 1.82) is 0 Å². The van der Waals surface area contributed by atoms with Gasteiger partial charge < -0.3 is 14.8 Å². The predicted octanol–water partition coefficient (Wildman–Crippen LogP) is 4.64.